The van der Waals surface area contributed by atoms with E-state index in [2.05, 4.69) is 25.6 Å². The molecule has 6 heteroatoms. The smallest absolute Gasteiger partial charge is 0.225 e. The lowest BCUT2D eigenvalue weighted by molar-refractivity contribution is 0.281. The van der Waals surface area contributed by atoms with Gasteiger partial charge in [-0.1, -0.05) is 18.2 Å². The second kappa shape index (κ2) is 7.52. The van der Waals surface area contributed by atoms with Crippen LogP contribution in [0.2, 0.25) is 0 Å². The molecular formula is C18H19N5O. The molecule has 2 heterocycles. The van der Waals surface area contributed by atoms with Gasteiger partial charge < -0.3 is 15.7 Å². The van der Waals surface area contributed by atoms with Crippen LogP contribution in [-0.4, -0.2) is 32.7 Å². The van der Waals surface area contributed by atoms with Crippen molar-refractivity contribution in [3.8, 4) is 11.3 Å². The minimum atomic E-state index is -0.140. The third kappa shape index (κ3) is 4.05. The summed E-state index contributed by atoms with van der Waals surface area (Å²) in [7, 11) is 0. The zero-order valence-corrected chi connectivity index (χ0v) is 13.3. The SMILES string of the molecule is C[C@@H](CO)Nc1nc(Nc2ccccc2)cc(-c2cccnc2)n1. The van der Waals surface area contributed by atoms with Crippen molar-refractivity contribution >= 4 is 17.5 Å². The Labute approximate surface area is 140 Å². The van der Waals surface area contributed by atoms with E-state index < -0.39 is 0 Å². The first kappa shape index (κ1) is 15.9. The van der Waals surface area contributed by atoms with Crippen molar-refractivity contribution in [3.63, 3.8) is 0 Å². The number of hydrogen-bond donors (Lipinski definition) is 3. The topological polar surface area (TPSA) is 83.0 Å². The molecule has 6 nitrogen and oxygen atoms in total. The van der Waals surface area contributed by atoms with Crippen LogP contribution in [0.4, 0.5) is 17.5 Å². The van der Waals surface area contributed by atoms with E-state index in [4.69, 9.17) is 0 Å². The van der Waals surface area contributed by atoms with Crippen LogP contribution in [0.3, 0.4) is 0 Å². The van der Waals surface area contributed by atoms with E-state index in [1.165, 1.54) is 0 Å². The summed E-state index contributed by atoms with van der Waals surface area (Å²) >= 11 is 0. The van der Waals surface area contributed by atoms with Gasteiger partial charge in [0.25, 0.3) is 0 Å². The van der Waals surface area contributed by atoms with E-state index in [1.54, 1.807) is 12.4 Å². The molecule has 1 aromatic carbocycles. The standard InChI is InChI=1S/C18H19N5O/c1-13(12-24)20-18-22-16(14-6-5-9-19-11-14)10-17(23-18)21-15-7-3-2-4-8-15/h2-11,13,24H,12H2,1H3,(H2,20,21,22,23)/t13-/m0/s1. The summed E-state index contributed by atoms with van der Waals surface area (Å²) in [5, 5.41) is 15.6. The number of nitrogens with zero attached hydrogens (tertiary/aromatic N) is 3. The lowest BCUT2D eigenvalue weighted by Crippen LogP contribution is -2.21. The average molecular weight is 321 g/mol. The van der Waals surface area contributed by atoms with Crippen molar-refractivity contribution in [2.75, 3.05) is 17.2 Å². The molecular weight excluding hydrogens is 302 g/mol. The maximum Gasteiger partial charge on any atom is 0.225 e. The third-order valence-corrected chi connectivity index (χ3v) is 3.38. The number of aromatic nitrogens is 3. The Hall–Kier alpha value is -2.99. The van der Waals surface area contributed by atoms with Gasteiger partial charge in [-0.15, -0.1) is 0 Å². The highest BCUT2D eigenvalue weighted by atomic mass is 16.3. The number of para-hydroxylation sites is 1. The number of pyridine rings is 1. The zero-order chi connectivity index (χ0) is 16.8. The van der Waals surface area contributed by atoms with Crippen molar-refractivity contribution in [1.82, 2.24) is 15.0 Å². The summed E-state index contributed by atoms with van der Waals surface area (Å²) in [5.41, 5.74) is 2.59. The second-order valence-corrected chi connectivity index (χ2v) is 5.42. The minimum Gasteiger partial charge on any atom is -0.394 e. The first-order valence-corrected chi connectivity index (χ1v) is 7.73. The number of hydrogen-bond acceptors (Lipinski definition) is 6. The molecule has 0 aliphatic rings. The van der Waals surface area contributed by atoms with E-state index in [-0.39, 0.29) is 12.6 Å². The predicted octanol–water partition coefficient (Wildman–Crippen LogP) is 3.07. The summed E-state index contributed by atoms with van der Waals surface area (Å²) in [6, 6.07) is 15.4. The highest BCUT2D eigenvalue weighted by Gasteiger charge is 2.09. The Morgan fingerprint density at radius 2 is 1.92 bits per heavy atom. The molecule has 3 rings (SSSR count). The fourth-order valence-electron chi connectivity index (χ4n) is 2.17. The molecule has 0 saturated heterocycles. The van der Waals surface area contributed by atoms with Gasteiger partial charge in [-0.05, 0) is 31.2 Å². The molecule has 3 N–H and O–H groups in total. The number of aliphatic hydroxyl groups excluding tert-OH is 1. The number of rotatable bonds is 6. The van der Waals surface area contributed by atoms with Crippen LogP contribution in [0.5, 0.6) is 0 Å². The normalized spacial score (nSPS) is 11.8. The molecule has 24 heavy (non-hydrogen) atoms. The summed E-state index contributed by atoms with van der Waals surface area (Å²) < 4.78 is 0. The molecule has 3 aromatic rings. The number of aliphatic hydroxyl groups is 1. The zero-order valence-electron chi connectivity index (χ0n) is 13.3. The van der Waals surface area contributed by atoms with Crippen LogP contribution < -0.4 is 10.6 Å². The lowest BCUT2D eigenvalue weighted by Gasteiger charge is -2.14. The van der Waals surface area contributed by atoms with Crippen LogP contribution in [0, 0.1) is 0 Å². The molecule has 0 unspecified atom stereocenters. The largest absolute Gasteiger partial charge is 0.394 e. The van der Waals surface area contributed by atoms with Gasteiger partial charge in [-0.25, -0.2) is 4.98 Å². The summed E-state index contributed by atoms with van der Waals surface area (Å²) in [5.74, 6) is 1.12. The third-order valence-electron chi connectivity index (χ3n) is 3.38. The maximum absolute atomic E-state index is 9.24. The Balaban J connectivity index is 1.96. The van der Waals surface area contributed by atoms with Crippen LogP contribution in [0.15, 0.2) is 60.9 Å². The molecule has 0 spiro atoms. The van der Waals surface area contributed by atoms with Gasteiger partial charge in [-0.3, -0.25) is 4.98 Å². The molecule has 0 radical (unpaired) electrons. The maximum atomic E-state index is 9.24. The Bertz CT molecular complexity index is 780. The molecule has 0 aliphatic carbocycles. The molecule has 1 atom stereocenters. The first-order chi connectivity index (χ1) is 11.7. The van der Waals surface area contributed by atoms with Crippen LogP contribution >= 0.6 is 0 Å². The van der Waals surface area contributed by atoms with Gasteiger partial charge in [0.05, 0.1) is 12.3 Å². The van der Waals surface area contributed by atoms with Gasteiger partial charge in [0.1, 0.15) is 5.82 Å². The van der Waals surface area contributed by atoms with Crippen molar-refractivity contribution in [2.24, 2.45) is 0 Å². The summed E-state index contributed by atoms with van der Waals surface area (Å²) in [6.07, 6.45) is 3.48. The first-order valence-electron chi connectivity index (χ1n) is 7.73. The highest BCUT2D eigenvalue weighted by molar-refractivity contribution is 5.66. The quantitative estimate of drug-likeness (QED) is 0.647. The number of nitrogens with one attached hydrogen (secondary N) is 2. The van der Waals surface area contributed by atoms with E-state index in [0.29, 0.717) is 11.8 Å². The Morgan fingerprint density at radius 3 is 2.62 bits per heavy atom. The molecule has 0 saturated carbocycles. The fourth-order valence-corrected chi connectivity index (χ4v) is 2.17. The number of benzene rings is 1. The highest BCUT2D eigenvalue weighted by Crippen LogP contribution is 2.23. The van der Waals surface area contributed by atoms with Gasteiger partial charge in [0.15, 0.2) is 0 Å². The van der Waals surface area contributed by atoms with Gasteiger partial charge >= 0.3 is 0 Å². The number of anilines is 3. The molecule has 0 amide bonds. The summed E-state index contributed by atoms with van der Waals surface area (Å²) in [6.45, 7) is 1.87. The molecule has 0 bridgehead atoms. The minimum absolute atomic E-state index is 0.00191. The molecule has 2 aromatic heterocycles. The molecule has 122 valence electrons. The second-order valence-electron chi connectivity index (χ2n) is 5.42. The van der Waals surface area contributed by atoms with Crippen LogP contribution in [0.25, 0.3) is 11.3 Å². The van der Waals surface area contributed by atoms with Crippen molar-refractivity contribution in [2.45, 2.75) is 13.0 Å². The van der Waals surface area contributed by atoms with Gasteiger partial charge in [0, 0.05) is 35.8 Å². The van der Waals surface area contributed by atoms with Crippen LogP contribution in [-0.2, 0) is 0 Å². The van der Waals surface area contributed by atoms with Gasteiger partial charge in [0.2, 0.25) is 5.95 Å². The van der Waals surface area contributed by atoms with E-state index in [1.807, 2.05) is 55.5 Å². The molecule has 0 fully saturated rings. The Morgan fingerprint density at radius 1 is 1.08 bits per heavy atom. The van der Waals surface area contributed by atoms with E-state index in [0.717, 1.165) is 16.9 Å². The van der Waals surface area contributed by atoms with Crippen molar-refractivity contribution in [3.05, 3.63) is 60.9 Å². The fraction of sp³-hybridized carbons (Fsp3) is 0.167. The Kier molecular flexibility index (Phi) is 4.98. The lowest BCUT2D eigenvalue weighted by atomic mass is 10.2. The predicted molar refractivity (Wildman–Crippen MR) is 95.2 cm³/mol. The monoisotopic (exact) mass is 321 g/mol. The van der Waals surface area contributed by atoms with E-state index >= 15 is 0 Å². The molecule has 0 aliphatic heterocycles. The van der Waals surface area contributed by atoms with Crippen LogP contribution in [0.1, 0.15) is 6.92 Å². The summed E-state index contributed by atoms with van der Waals surface area (Å²) in [4.78, 5) is 13.1. The van der Waals surface area contributed by atoms with Crippen molar-refractivity contribution in [1.29, 1.82) is 0 Å². The van der Waals surface area contributed by atoms with Crippen molar-refractivity contribution < 1.29 is 5.11 Å². The van der Waals surface area contributed by atoms with Gasteiger partial charge in [-0.2, -0.15) is 4.98 Å². The average Bonchev–Trinajstić information content (AvgIpc) is 2.63. The van der Waals surface area contributed by atoms with E-state index in [9.17, 15) is 5.11 Å².